The van der Waals surface area contributed by atoms with Gasteiger partial charge in [0.05, 0.1) is 21.1 Å². The van der Waals surface area contributed by atoms with Crippen LogP contribution in [0.25, 0.3) is 0 Å². The van der Waals surface area contributed by atoms with Crippen LogP contribution >= 0.6 is 12.2 Å². The number of benzene rings is 2. The Kier molecular flexibility index (Phi) is 8.59. The number of rotatable bonds is 7. The molecule has 2 heterocycles. The van der Waals surface area contributed by atoms with E-state index in [1.165, 1.54) is 36.4 Å². The van der Waals surface area contributed by atoms with Gasteiger partial charge in [0.2, 0.25) is 5.95 Å². The second kappa shape index (κ2) is 11.9. The van der Waals surface area contributed by atoms with Crippen molar-refractivity contribution in [1.29, 1.82) is 0 Å². The number of nitro benzene ring substituents is 1. The molecule has 1 aromatic heterocycles. The molecule has 0 bridgehead atoms. The first-order valence-electron chi connectivity index (χ1n) is 12.5. The zero-order valence-electron chi connectivity index (χ0n) is 22.2. The Hall–Kier alpha value is -4.17. The maximum Gasteiger partial charge on any atom is 0.270 e. The minimum absolute atomic E-state index is 0.0205. The smallest absolute Gasteiger partial charge is 0.270 e. The highest BCUT2D eigenvalue weighted by Crippen LogP contribution is 2.29. The Morgan fingerprint density at radius 1 is 1.05 bits per heavy atom. The molecule has 1 amide bonds. The molecular formula is C26H29N7O5S2. The molecule has 12 nitrogen and oxygen atoms in total. The molecule has 0 radical (unpaired) electrons. The Morgan fingerprint density at radius 3 is 2.27 bits per heavy atom. The summed E-state index contributed by atoms with van der Waals surface area (Å²) in [6.45, 7) is 7.12. The van der Waals surface area contributed by atoms with Crippen molar-refractivity contribution in [1.82, 2.24) is 15.3 Å². The van der Waals surface area contributed by atoms with E-state index in [2.05, 4.69) is 32.2 Å². The van der Waals surface area contributed by atoms with Gasteiger partial charge in [0.1, 0.15) is 0 Å². The number of nitrogens with zero attached hydrogens (tertiary/aromatic N) is 4. The molecule has 14 heteroatoms. The molecule has 0 saturated carbocycles. The number of hydrogen-bond acceptors (Lipinski definition) is 9. The van der Waals surface area contributed by atoms with Gasteiger partial charge in [-0.25, -0.2) is 23.1 Å². The van der Waals surface area contributed by atoms with Crippen molar-refractivity contribution in [2.45, 2.75) is 38.5 Å². The molecule has 0 spiro atoms. The maximum absolute atomic E-state index is 13.2. The third kappa shape index (κ3) is 7.07. The van der Waals surface area contributed by atoms with Gasteiger partial charge in [-0.2, -0.15) is 0 Å². The average molecular weight is 584 g/mol. The van der Waals surface area contributed by atoms with Gasteiger partial charge >= 0.3 is 0 Å². The average Bonchev–Trinajstić information content (AvgIpc) is 2.88. The molecule has 1 fully saturated rings. The predicted molar refractivity (Wildman–Crippen MR) is 156 cm³/mol. The first kappa shape index (κ1) is 28.8. The van der Waals surface area contributed by atoms with E-state index in [1.54, 1.807) is 26.0 Å². The van der Waals surface area contributed by atoms with Crippen LogP contribution in [-0.2, 0) is 10.0 Å². The van der Waals surface area contributed by atoms with Crippen LogP contribution in [0.1, 0.15) is 41.5 Å². The number of nitro groups is 1. The van der Waals surface area contributed by atoms with Gasteiger partial charge in [0, 0.05) is 42.3 Å². The molecule has 0 aliphatic carbocycles. The number of hydrogen-bond donors (Lipinski definition) is 3. The molecule has 1 saturated heterocycles. The summed E-state index contributed by atoms with van der Waals surface area (Å²) in [4.78, 5) is 34.2. The molecule has 1 aliphatic rings. The van der Waals surface area contributed by atoms with Crippen LogP contribution in [-0.4, -0.2) is 47.4 Å². The van der Waals surface area contributed by atoms with Crippen molar-refractivity contribution in [2.75, 3.05) is 28.0 Å². The van der Waals surface area contributed by atoms with Crippen molar-refractivity contribution in [3.63, 3.8) is 0 Å². The predicted octanol–water partition coefficient (Wildman–Crippen LogP) is 4.17. The van der Waals surface area contributed by atoms with Crippen LogP contribution in [0.15, 0.2) is 53.4 Å². The van der Waals surface area contributed by atoms with Gasteiger partial charge in [-0.3, -0.25) is 20.2 Å². The summed E-state index contributed by atoms with van der Waals surface area (Å²) in [5, 5.41) is 16.7. The lowest BCUT2D eigenvalue weighted by Crippen LogP contribution is -2.37. The van der Waals surface area contributed by atoms with Gasteiger partial charge < -0.3 is 10.2 Å². The Labute approximate surface area is 237 Å². The fourth-order valence-corrected chi connectivity index (χ4v) is 5.50. The number of aromatic nitrogens is 2. The highest BCUT2D eigenvalue weighted by Gasteiger charge is 2.24. The van der Waals surface area contributed by atoms with Crippen LogP contribution in [0.3, 0.4) is 0 Å². The van der Waals surface area contributed by atoms with Gasteiger partial charge in [0.25, 0.3) is 21.6 Å². The number of aryl methyl sites for hydroxylation is 2. The van der Waals surface area contributed by atoms with Crippen molar-refractivity contribution >= 4 is 56.3 Å². The fraction of sp³-hybridized carbons (Fsp3) is 0.308. The molecular weight excluding hydrogens is 554 g/mol. The maximum atomic E-state index is 13.2. The Balaban J connectivity index is 1.45. The number of carbonyl (C=O) groups excluding carboxylic acids is 1. The van der Waals surface area contributed by atoms with E-state index >= 15 is 0 Å². The lowest BCUT2D eigenvalue weighted by molar-refractivity contribution is -0.384. The summed E-state index contributed by atoms with van der Waals surface area (Å²) in [7, 11) is -3.94. The minimum atomic E-state index is -3.94. The first-order valence-corrected chi connectivity index (χ1v) is 14.4. The molecule has 3 aromatic rings. The van der Waals surface area contributed by atoms with Gasteiger partial charge in [-0.15, -0.1) is 0 Å². The summed E-state index contributed by atoms with van der Waals surface area (Å²) >= 11 is 5.29. The number of sulfonamides is 1. The highest BCUT2D eigenvalue weighted by molar-refractivity contribution is 7.92. The second-order valence-corrected chi connectivity index (χ2v) is 11.7. The van der Waals surface area contributed by atoms with E-state index in [0.29, 0.717) is 28.7 Å². The van der Waals surface area contributed by atoms with Crippen molar-refractivity contribution in [3.8, 4) is 0 Å². The fourth-order valence-electron chi connectivity index (χ4n) is 4.35. The number of non-ortho nitro benzene ring substituents is 1. The molecule has 1 aliphatic heterocycles. The molecule has 40 heavy (non-hydrogen) atoms. The standard InChI is InChI=1S/C26H29N7O5S2/c1-16-10-12-32(13-11-16)23-9-6-20(33(35)36)15-22(23)24(34)30-26(39)29-19-4-7-21(8-5-19)40(37,38)31-25-27-17(2)14-18(3)28-25/h4-9,14-16H,10-13H2,1-3H3,(H,27,28,31)(H2,29,30,34,39). The van der Waals surface area contributed by atoms with Crippen LogP contribution in [0.4, 0.5) is 23.0 Å². The number of nitrogens with one attached hydrogen (secondary N) is 3. The van der Waals surface area contributed by atoms with E-state index in [0.717, 1.165) is 25.9 Å². The zero-order valence-corrected chi connectivity index (χ0v) is 23.8. The monoisotopic (exact) mass is 583 g/mol. The summed E-state index contributed by atoms with van der Waals surface area (Å²) in [6.07, 6.45) is 1.91. The highest BCUT2D eigenvalue weighted by atomic mass is 32.2. The Morgan fingerprint density at radius 2 is 1.68 bits per heavy atom. The van der Waals surface area contributed by atoms with Crippen LogP contribution in [0.5, 0.6) is 0 Å². The topological polar surface area (TPSA) is 159 Å². The number of amides is 1. The summed E-state index contributed by atoms with van der Waals surface area (Å²) in [5.74, 6) is -0.0459. The van der Waals surface area contributed by atoms with Gasteiger partial charge in [0.15, 0.2) is 5.11 Å². The zero-order chi connectivity index (χ0) is 29.0. The lowest BCUT2D eigenvalue weighted by Gasteiger charge is -2.33. The number of carbonyl (C=O) groups is 1. The third-order valence-electron chi connectivity index (χ3n) is 6.42. The molecule has 0 atom stereocenters. The largest absolute Gasteiger partial charge is 0.371 e. The normalized spacial score (nSPS) is 13.9. The number of anilines is 3. The number of thiocarbonyl (C=S) groups is 1. The van der Waals surface area contributed by atoms with Crippen LogP contribution in [0, 0.1) is 29.9 Å². The van der Waals surface area contributed by atoms with E-state index in [4.69, 9.17) is 12.2 Å². The van der Waals surface area contributed by atoms with Gasteiger partial charge in [-0.05, 0) is 81.2 Å². The van der Waals surface area contributed by atoms with Crippen molar-refractivity contribution in [2.24, 2.45) is 5.92 Å². The molecule has 3 N–H and O–H groups in total. The number of piperidine rings is 1. The van der Waals surface area contributed by atoms with Crippen molar-refractivity contribution < 1.29 is 18.1 Å². The SMILES string of the molecule is Cc1cc(C)nc(NS(=O)(=O)c2ccc(NC(=S)NC(=O)c3cc([N+](=O)[O-])ccc3N3CCC(C)CC3)cc2)n1. The summed E-state index contributed by atoms with van der Waals surface area (Å²) in [5.41, 5.74) is 2.23. The minimum Gasteiger partial charge on any atom is -0.371 e. The van der Waals surface area contributed by atoms with Crippen LogP contribution in [0.2, 0.25) is 0 Å². The molecule has 4 rings (SSSR count). The van der Waals surface area contributed by atoms with E-state index < -0.39 is 20.9 Å². The summed E-state index contributed by atoms with van der Waals surface area (Å²) in [6, 6.07) is 11.7. The van der Waals surface area contributed by atoms with E-state index in [1.807, 2.05) is 4.90 Å². The summed E-state index contributed by atoms with van der Waals surface area (Å²) < 4.78 is 27.9. The second-order valence-electron chi connectivity index (χ2n) is 9.64. The molecule has 210 valence electrons. The van der Waals surface area contributed by atoms with Crippen LogP contribution < -0.4 is 20.3 Å². The van der Waals surface area contributed by atoms with E-state index in [9.17, 15) is 23.3 Å². The van der Waals surface area contributed by atoms with E-state index in [-0.39, 0.29) is 27.2 Å². The lowest BCUT2D eigenvalue weighted by atomic mass is 9.98. The first-order chi connectivity index (χ1) is 18.9. The third-order valence-corrected chi connectivity index (χ3v) is 7.97. The Bertz CT molecular complexity index is 1530. The quantitative estimate of drug-likeness (QED) is 0.209. The molecule has 0 unspecified atom stereocenters. The van der Waals surface area contributed by atoms with Gasteiger partial charge in [-0.1, -0.05) is 6.92 Å². The van der Waals surface area contributed by atoms with Crippen molar-refractivity contribution in [3.05, 3.63) is 75.6 Å². The molecule has 2 aromatic carbocycles.